The van der Waals surface area contributed by atoms with Gasteiger partial charge in [0.15, 0.2) is 0 Å². The number of alkyl carbamates (subject to hydrolysis) is 1. The molecule has 0 spiro atoms. The molecule has 1 fully saturated rings. The van der Waals surface area contributed by atoms with Crippen LogP contribution in [0.25, 0.3) is 0 Å². The lowest BCUT2D eigenvalue weighted by Gasteiger charge is -2.29. The van der Waals surface area contributed by atoms with Crippen molar-refractivity contribution in [1.29, 1.82) is 0 Å². The summed E-state index contributed by atoms with van der Waals surface area (Å²) in [4.78, 5) is 12.2. The van der Waals surface area contributed by atoms with Gasteiger partial charge in [-0.05, 0) is 63.6 Å². The summed E-state index contributed by atoms with van der Waals surface area (Å²) in [6, 6.07) is 7.83. The molecule has 4 nitrogen and oxygen atoms in total. The number of amides is 1. The Morgan fingerprint density at radius 1 is 1.35 bits per heavy atom. The van der Waals surface area contributed by atoms with E-state index < -0.39 is 5.60 Å². The van der Waals surface area contributed by atoms with Gasteiger partial charge in [-0.3, -0.25) is 0 Å². The van der Waals surface area contributed by atoms with Crippen molar-refractivity contribution in [2.24, 2.45) is 11.7 Å². The highest BCUT2D eigenvalue weighted by Crippen LogP contribution is 2.29. The number of hydrogen-bond acceptors (Lipinski definition) is 3. The van der Waals surface area contributed by atoms with Gasteiger partial charge >= 0.3 is 6.09 Å². The predicted molar refractivity (Wildman–Crippen MR) is 93.6 cm³/mol. The Bertz CT molecular complexity index is 525. The van der Waals surface area contributed by atoms with Crippen molar-refractivity contribution >= 4 is 17.7 Å². The Morgan fingerprint density at radius 2 is 2.00 bits per heavy atom. The molecular formula is C18H27ClN2O2. The molecule has 0 radical (unpaired) electrons. The quantitative estimate of drug-likeness (QED) is 0.875. The number of halogens is 1. The van der Waals surface area contributed by atoms with Crippen LogP contribution in [0.2, 0.25) is 5.02 Å². The minimum Gasteiger partial charge on any atom is -0.444 e. The monoisotopic (exact) mass is 338 g/mol. The largest absolute Gasteiger partial charge is 0.444 e. The highest BCUT2D eigenvalue weighted by Gasteiger charge is 2.33. The fourth-order valence-corrected chi connectivity index (χ4v) is 3.29. The summed E-state index contributed by atoms with van der Waals surface area (Å²) in [7, 11) is 0. The molecule has 2 rings (SSSR count). The number of benzene rings is 1. The van der Waals surface area contributed by atoms with Crippen LogP contribution in [0.5, 0.6) is 0 Å². The number of rotatable bonds is 4. The maximum Gasteiger partial charge on any atom is 0.407 e. The third kappa shape index (κ3) is 5.70. The van der Waals surface area contributed by atoms with E-state index in [1.54, 1.807) is 0 Å². The van der Waals surface area contributed by atoms with Crippen molar-refractivity contribution in [3.05, 3.63) is 34.9 Å². The molecule has 0 aromatic heterocycles. The molecule has 5 heteroatoms. The molecule has 1 amide bonds. The number of ether oxygens (including phenoxy) is 1. The zero-order valence-corrected chi connectivity index (χ0v) is 14.9. The van der Waals surface area contributed by atoms with Gasteiger partial charge < -0.3 is 15.8 Å². The second-order valence-electron chi connectivity index (χ2n) is 7.34. The lowest BCUT2D eigenvalue weighted by atomic mass is 9.90. The Kier molecular flexibility index (Phi) is 5.93. The van der Waals surface area contributed by atoms with Gasteiger partial charge in [0.2, 0.25) is 0 Å². The van der Waals surface area contributed by atoms with Gasteiger partial charge in [-0.25, -0.2) is 4.79 Å². The number of hydrogen-bond donors (Lipinski definition) is 2. The van der Waals surface area contributed by atoms with Gasteiger partial charge in [0.25, 0.3) is 0 Å². The first-order valence-corrected chi connectivity index (χ1v) is 8.62. The van der Waals surface area contributed by atoms with E-state index in [9.17, 15) is 4.79 Å². The average molecular weight is 339 g/mol. The average Bonchev–Trinajstić information content (AvgIpc) is 2.84. The maximum atomic E-state index is 12.2. The van der Waals surface area contributed by atoms with Gasteiger partial charge in [-0.2, -0.15) is 0 Å². The molecule has 0 saturated heterocycles. The lowest BCUT2D eigenvalue weighted by Crippen LogP contribution is -2.48. The third-order valence-electron chi connectivity index (χ3n) is 4.21. The smallest absolute Gasteiger partial charge is 0.407 e. The van der Waals surface area contributed by atoms with Crippen molar-refractivity contribution < 1.29 is 9.53 Å². The normalized spacial score (nSPS) is 22.7. The molecule has 3 atom stereocenters. The minimum absolute atomic E-state index is 0.0245. The molecule has 1 unspecified atom stereocenters. The number of carbonyl (C=O) groups is 1. The van der Waals surface area contributed by atoms with Crippen molar-refractivity contribution in [1.82, 2.24) is 5.32 Å². The first-order valence-electron chi connectivity index (χ1n) is 8.24. The van der Waals surface area contributed by atoms with E-state index in [0.29, 0.717) is 5.02 Å². The van der Waals surface area contributed by atoms with Crippen LogP contribution in [0.15, 0.2) is 24.3 Å². The Labute approximate surface area is 143 Å². The second kappa shape index (κ2) is 7.54. The topological polar surface area (TPSA) is 64.3 Å². The van der Waals surface area contributed by atoms with Gasteiger partial charge in [0.05, 0.1) is 0 Å². The highest BCUT2D eigenvalue weighted by molar-refractivity contribution is 6.30. The molecular weight excluding hydrogens is 312 g/mol. The van der Waals surface area contributed by atoms with Crippen LogP contribution in [0.3, 0.4) is 0 Å². The molecule has 23 heavy (non-hydrogen) atoms. The van der Waals surface area contributed by atoms with Crippen molar-refractivity contribution in [3.8, 4) is 0 Å². The molecule has 3 N–H and O–H groups in total. The van der Waals surface area contributed by atoms with Crippen LogP contribution in [-0.4, -0.2) is 23.8 Å². The summed E-state index contributed by atoms with van der Waals surface area (Å²) in [6.45, 7) is 5.59. The highest BCUT2D eigenvalue weighted by atomic mass is 35.5. The van der Waals surface area contributed by atoms with E-state index in [2.05, 4.69) is 5.32 Å². The molecule has 1 aliphatic rings. The first-order chi connectivity index (χ1) is 10.7. The van der Waals surface area contributed by atoms with Crippen LogP contribution in [-0.2, 0) is 11.2 Å². The summed E-state index contributed by atoms with van der Waals surface area (Å²) in [6.07, 6.45) is 3.51. The maximum absolute atomic E-state index is 12.2. The predicted octanol–water partition coefficient (Wildman–Crippen LogP) is 3.90. The van der Waals surface area contributed by atoms with E-state index in [1.807, 2.05) is 45.0 Å². The SMILES string of the molecule is CC(C)(C)OC(=O)NC(Cc1ccc(Cl)cc1)[C@@H]1CCC[C@H]1N. The van der Waals surface area contributed by atoms with Crippen molar-refractivity contribution in [2.75, 3.05) is 0 Å². The zero-order chi connectivity index (χ0) is 17.0. The summed E-state index contributed by atoms with van der Waals surface area (Å²) in [5, 5.41) is 3.75. The number of nitrogens with two attached hydrogens (primary N) is 1. The van der Waals surface area contributed by atoms with Crippen LogP contribution < -0.4 is 11.1 Å². The van der Waals surface area contributed by atoms with Gasteiger partial charge in [-0.15, -0.1) is 0 Å². The van der Waals surface area contributed by atoms with Gasteiger partial charge in [-0.1, -0.05) is 30.2 Å². The molecule has 0 heterocycles. The number of carbonyl (C=O) groups excluding carboxylic acids is 1. The Hall–Kier alpha value is -1.26. The molecule has 0 bridgehead atoms. The van der Waals surface area contributed by atoms with Crippen LogP contribution in [0.4, 0.5) is 4.79 Å². The first kappa shape index (κ1) is 18.1. The molecule has 128 valence electrons. The summed E-state index contributed by atoms with van der Waals surface area (Å²) in [5.41, 5.74) is 6.87. The van der Waals surface area contributed by atoms with E-state index in [-0.39, 0.29) is 24.1 Å². The number of nitrogens with one attached hydrogen (secondary N) is 1. The molecule has 1 saturated carbocycles. The van der Waals surface area contributed by atoms with E-state index in [1.165, 1.54) is 0 Å². The zero-order valence-electron chi connectivity index (χ0n) is 14.1. The summed E-state index contributed by atoms with van der Waals surface area (Å²) < 4.78 is 5.41. The van der Waals surface area contributed by atoms with Crippen LogP contribution in [0.1, 0.15) is 45.6 Å². The summed E-state index contributed by atoms with van der Waals surface area (Å²) in [5.74, 6) is 0.276. The van der Waals surface area contributed by atoms with Crippen LogP contribution in [0, 0.1) is 5.92 Å². The van der Waals surface area contributed by atoms with Gasteiger partial charge in [0.1, 0.15) is 5.60 Å². The van der Waals surface area contributed by atoms with E-state index in [4.69, 9.17) is 22.1 Å². The van der Waals surface area contributed by atoms with E-state index >= 15 is 0 Å². The van der Waals surface area contributed by atoms with Gasteiger partial charge in [0, 0.05) is 17.1 Å². The Balaban J connectivity index is 2.08. The fourth-order valence-electron chi connectivity index (χ4n) is 3.16. The van der Waals surface area contributed by atoms with Crippen molar-refractivity contribution in [3.63, 3.8) is 0 Å². The van der Waals surface area contributed by atoms with E-state index in [0.717, 1.165) is 31.2 Å². The fraction of sp³-hybridized carbons (Fsp3) is 0.611. The molecule has 0 aliphatic heterocycles. The summed E-state index contributed by atoms with van der Waals surface area (Å²) >= 11 is 5.95. The third-order valence-corrected chi connectivity index (χ3v) is 4.46. The standard InChI is InChI=1S/C18H27ClN2O2/c1-18(2,3)23-17(22)21-16(14-5-4-6-15(14)20)11-12-7-9-13(19)10-8-12/h7-10,14-16H,4-6,11,20H2,1-3H3,(H,21,22)/t14-,15-,16?/m1/s1. The van der Waals surface area contributed by atoms with Crippen molar-refractivity contribution in [2.45, 2.75) is 64.1 Å². The molecule has 1 aromatic carbocycles. The molecule has 1 aliphatic carbocycles. The second-order valence-corrected chi connectivity index (χ2v) is 7.78. The van der Waals surface area contributed by atoms with Crippen LogP contribution >= 0.6 is 11.6 Å². The minimum atomic E-state index is -0.507. The molecule has 1 aromatic rings. The Morgan fingerprint density at radius 3 is 2.52 bits per heavy atom. The lowest BCUT2D eigenvalue weighted by molar-refractivity contribution is 0.0484.